The van der Waals surface area contributed by atoms with Crippen molar-refractivity contribution in [3.8, 4) is 16.9 Å². The van der Waals surface area contributed by atoms with Crippen LogP contribution in [0.4, 0.5) is 0 Å². The second-order valence-corrected chi connectivity index (χ2v) is 8.27. The van der Waals surface area contributed by atoms with Gasteiger partial charge in [0.1, 0.15) is 0 Å². The molecule has 3 aromatic rings. The summed E-state index contributed by atoms with van der Waals surface area (Å²) in [5, 5.41) is 7.67. The van der Waals surface area contributed by atoms with Gasteiger partial charge in [-0.3, -0.25) is 4.57 Å². The zero-order valence-corrected chi connectivity index (χ0v) is 14.8. The summed E-state index contributed by atoms with van der Waals surface area (Å²) in [6.45, 7) is 0. The Bertz CT molecular complexity index is 1020. The topological polar surface area (TPSA) is 65.1 Å². The molecule has 0 bridgehead atoms. The number of hydrogen-bond donors (Lipinski definition) is 1. The summed E-state index contributed by atoms with van der Waals surface area (Å²) in [5.74, 6) is 0. The van der Waals surface area contributed by atoms with Crippen LogP contribution in [-0.4, -0.2) is 13.0 Å². The van der Waals surface area contributed by atoms with Crippen molar-refractivity contribution in [3.63, 3.8) is 0 Å². The highest BCUT2D eigenvalue weighted by molar-refractivity contribution is 7.89. The molecular weight excluding hydrogens is 372 g/mol. The molecule has 118 valence electrons. The van der Waals surface area contributed by atoms with Gasteiger partial charge in [-0.1, -0.05) is 29.8 Å². The van der Waals surface area contributed by atoms with E-state index in [-0.39, 0.29) is 4.90 Å². The van der Waals surface area contributed by atoms with E-state index >= 15 is 0 Å². The van der Waals surface area contributed by atoms with Crippen LogP contribution in [-0.2, 0) is 10.0 Å². The van der Waals surface area contributed by atoms with Gasteiger partial charge in [0.25, 0.3) is 0 Å². The fraction of sp³-hybridized carbons (Fsp3) is 0. The van der Waals surface area contributed by atoms with Crippen LogP contribution in [0, 0.1) is 3.95 Å². The molecule has 0 atom stereocenters. The van der Waals surface area contributed by atoms with Crippen molar-refractivity contribution < 1.29 is 8.42 Å². The van der Waals surface area contributed by atoms with E-state index in [1.165, 1.54) is 23.5 Å². The second-order valence-electron chi connectivity index (χ2n) is 4.77. The van der Waals surface area contributed by atoms with Crippen molar-refractivity contribution in [1.29, 1.82) is 0 Å². The molecule has 0 spiro atoms. The van der Waals surface area contributed by atoms with Gasteiger partial charge >= 0.3 is 0 Å². The Hall–Kier alpha value is -1.51. The van der Waals surface area contributed by atoms with Gasteiger partial charge in [0, 0.05) is 16.1 Å². The van der Waals surface area contributed by atoms with Gasteiger partial charge in [-0.05, 0) is 48.1 Å². The average Bonchev–Trinajstić information content (AvgIpc) is 2.88. The first-order valence-electron chi connectivity index (χ1n) is 6.46. The van der Waals surface area contributed by atoms with Gasteiger partial charge in [-0.15, -0.1) is 11.3 Å². The molecule has 2 N–H and O–H groups in total. The average molecular weight is 383 g/mol. The highest BCUT2D eigenvalue weighted by atomic mass is 35.5. The van der Waals surface area contributed by atoms with Crippen LogP contribution in [0.15, 0.2) is 58.8 Å². The zero-order chi connectivity index (χ0) is 16.6. The number of hydrogen-bond acceptors (Lipinski definition) is 4. The van der Waals surface area contributed by atoms with E-state index in [9.17, 15) is 8.42 Å². The molecule has 0 radical (unpaired) electrons. The summed E-state index contributed by atoms with van der Waals surface area (Å²) in [5.41, 5.74) is 2.56. The number of primary sulfonamides is 1. The van der Waals surface area contributed by atoms with E-state index in [1.54, 1.807) is 18.2 Å². The quantitative estimate of drug-likeness (QED) is 0.689. The predicted octanol–water partition coefficient (Wildman–Crippen LogP) is 4.24. The van der Waals surface area contributed by atoms with Crippen molar-refractivity contribution in [2.24, 2.45) is 5.14 Å². The van der Waals surface area contributed by atoms with E-state index in [2.05, 4.69) is 0 Å². The molecule has 2 aromatic carbocycles. The molecule has 0 saturated carbocycles. The fourth-order valence-corrected chi connectivity index (χ4v) is 3.99. The Morgan fingerprint density at radius 3 is 2.43 bits per heavy atom. The van der Waals surface area contributed by atoms with Crippen molar-refractivity contribution in [1.82, 2.24) is 4.57 Å². The van der Waals surface area contributed by atoms with Gasteiger partial charge < -0.3 is 0 Å². The van der Waals surface area contributed by atoms with Crippen LogP contribution in [0.2, 0.25) is 5.02 Å². The third-order valence-corrected chi connectivity index (χ3v) is 5.60. The van der Waals surface area contributed by atoms with Gasteiger partial charge in [0.05, 0.1) is 10.6 Å². The number of sulfonamides is 1. The molecule has 1 heterocycles. The lowest BCUT2D eigenvalue weighted by molar-refractivity contribution is 0.598. The first kappa shape index (κ1) is 16.4. The largest absolute Gasteiger partial charge is 0.291 e. The maximum atomic E-state index is 11.4. The van der Waals surface area contributed by atoms with Crippen LogP contribution in [0.5, 0.6) is 0 Å². The molecule has 8 heteroatoms. The van der Waals surface area contributed by atoms with E-state index in [0.717, 1.165) is 16.9 Å². The normalized spacial score (nSPS) is 11.6. The van der Waals surface area contributed by atoms with E-state index in [0.29, 0.717) is 8.98 Å². The Labute approximate surface area is 147 Å². The lowest BCUT2D eigenvalue weighted by Gasteiger charge is -2.10. The van der Waals surface area contributed by atoms with Crippen LogP contribution < -0.4 is 5.14 Å². The maximum absolute atomic E-state index is 11.4. The first-order valence-corrected chi connectivity index (χ1v) is 9.67. The molecule has 3 rings (SSSR count). The number of thiazole rings is 1. The first-order chi connectivity index (χ1) is 10.9. The number of halogens is 1. The Kier molecular flexibility index (Phi) is 4.39. The SMILES string of the molecule is NS(=O)(=O)c1ccc(-c2csc(=S)n2-c2cccc(Cl)c2)cc1. The zero-order valence-electron chi connectivity index (χ0n) is 11.6. The number of benzene rings is 2. The molecule has 0 amide bonds. The summed E-state index contributed by atoms with van der Waals surface area (Å²) in [4.78, 5) is 0.0735. The summed E-state index contributed by atoms with van der Waals surface area (Å²) in [7, 11) is -3.71. The predicted molar refractivity (Wildman–Crippen MR) is 96.3 cm³/mol. The third kappa shape index (κ3) is 3.39. The lowest BCUT2D eigenvalue weighted by Crippen LogP contribution is -2.11. The van der Waals surface area contributed by atoms with E-state index < -0.39 is 10.0 Å². The summed E-state index contributed by atoms with van der Waals surface area (Å²) in [6, 6.07) is 13.8. The minimum Gasteiger partial charge on any atom is -0.291 e. The summed E-state index contributed by atoms with van der Waals surface area (Å²) < 4.78 is 25.3. The van der Waals surface area contributed by atoms with Crippen molar-refractivity contribution in [2.75, 3.05) is 0 Å². The molecule has 0 aliphatic carbocycles. The van der Waals surface area contributed by atoms with Crippen LogP contribution in [0.1, 0.15) is 0 Å². The van der Waals surface area contributed by atoms with E-state index in [1.807, 2.05) is 28.1 Å². The Morgan fingerprint density at radius 1 is 1.13 bits per heavy atom. The molecular formula is C15H11ClN2O2S3. The second kappa shape index (κ2) is 6.18. The maximum Gasteiger partial charge on any atom is 0.238 e. The highest BCUT2D eigenvalue weighted by Crippen LogP contribution is 2.29. The van der Waals surface area contributed by atoms with Crippen LogP contribution in [0.3, 0.4) is 0 Å². The van der Waals surface area contributed by atoms with Gasteiger partial charge in [-0.2, -0.15) is 0 Å². The lowest BCUT2D eigenvalue weighted by atomic mass is 10.1. The number of nitrogens with two attached hydrogens (primary N) is 1. The minimum atomic E-state index is -3.71. The Morgan fingerprint density at radius 2 is 1.83 bits per heavy atom. The molecule has 1 aromatic heterocycles. The highest BCUT2D eigenvalue weighted by Gasteiger charge is 2.12. The molecule has 4 nitrogen and oxygen atoms in total. The number of aromatic nitrogens is 1. The number of nitrogens with zero attached hydrogens (tertiary/aromatic N) is 1. The molecule has 0 aliphatic heterocycles. The standard InChI is InChI=1S/C15H11ClN2O2S3/c16-11-2-1-3-12(8-11)18-14(9-22-15(18)21)10-4-6-13(7-5-10)23(17,19)20/h1-9H,(H2,17,19,20). The minimum absolute atomic E-state index is 0.0735. The molecule has 0 fully saturated rings. The summed E-state index contributed by atoms with van der Waals surface area (Å²) >= 11 is 12.9. The monoisotopic (exact) mass is 382 g/mol. The smallest absolute Gasteiger partial charge is 0.238 e. The van der Waals surface area contributed by atoms with Crippen LogP contribution in [0.25, 0.3) is 16.9 Å². The van der Waals surface area contributed by atoms with Crippen molar-refractivity contribution in [3.05, 3.63) is 62.9 Å². The van der Waals surface area contributed by atoms with E-state index in [4.69, 9.17) is 29.0 Å². The fourth-order valence-electron chi connectivity index (χ4n) is 2.18. The molecule has 0 aliphatic rings. The van der Waals surface area contributed by atoms with Crippen molar-refractivity contribution >= 4 is 45.2 Å². The molecule has 0 unspecified atom stereocenters. The van der Waals surface area contributed by atoms with Gasteiger partial charge in [0.15, 0.2) is 3.95 Å². The number of rotatable bonds is 3. The van der Waals surface area contributed by atoms with Crippen LogP contribution >= 0.6 is 35.2 Å². The molecule has 0 saturated heterocycles. The van der Waals surface area contributed by atoms with Gasteiger partial charge in [0.2, 0.25) is 10.0 Å². The third-order valence-electron chi connectivity index (χ3n) is 3.24. The summed E-state index contributed by atoms with van der Waals surface area (Å²) in [6.07, 6.45) is 0. The molecule has 23 heavy (non-hydrogen) atoms. The van der Waals surface area contributed by atoms with Crippen molar-refractivity contribution in [2.45, 2.75) is 4.90 Å². The Balaban J connectivity index is 2.14. The van der Waals surface area contributed by atoms with Gasteiger partial charge in [-0.25, -0.2) is 13.6 Å².